The van der Waals surface area contributed by atoms with Crippen molar-refractivity contribution in [3.8, 4) is 0 Å². The second kappa shape index (κ2) is 8.38. The zero-order chi connectivity index (χ0) is 22.1. The molecule has 0 radical (unpaired) electrons. The van der Waals surface area contributed by atoms with Crippen LogP contribution in [0, 0.1) is 0 Å². The molecule has 1 amide bonds. The van der Waals surface area contributed by atoms with Gasteiger partial charge in [0.25, 0.3) is 0 Å². The molecule has 0 bridgehead atoms. The molecular formula is C23H25F4NO2. The molecule has 2 aromatic rings. The van der Waals surface area contributed by atoms with Gasteiger partial charge < -0.3 is 10.0 Å². The van der Waals surface area contributed by atoms with Crippen LogP contribution in [0.2, 0.25) is 0 Å². The van der Waals surface area contributed by atoms with Gasteiger partial charge in [-0.3, -0.25) is 4.79 Å². The number of aliphatic hydroxyl groups is 1. The Kier molecular flexibility index (Phi) is 6.22. The van der Waals surface area contributed by atoms with Gasteiger partial charge in [0.15, 0.2) is 0 Å². The lowest BCUT2D eigenvalue weighted by molar-refractivity contribution is -0.285. The number of amides is 1. The number of anilines is 1. The summed E-state index contributed by atoms with van der Waals surface area (Å²) in [5.74, 6) is -0.572. The van der Waals surface area contributed by atoms with Gasteiger partial charge in [0, 0.05) is 12.2 Å². The van der Waals surface area contributed by atoms with Crippen molar-refractivity contribution < 1.29 is 27.5 Å². The molecule has 1 heterocycles. The number of aryl methyl sites for hydroxylation is 1. The van der Waals surface area contributed by atoms with Gasteiger partial charge in [0.2, 0.25) is 11.5 Å². The van der Waals surface area contributed by atoms with Crippen molar-refractivity contribution in [3.63, 3.8) is 0 Å². The molecule has 1 aliphatic rings. The average Bonchev–Trinajstić information content (AvgIpc) is 2.93. The van der Waals surface area contributed by atoms with Crippen molar-refractivity contribution in [1.29, 1.82) is 0 Å². The monoisotopic (exact) mass is 423 g/mol. The van der Waals surface area contributed by atoms with Gasteiger partial charge >= 0.3 is 6.18 Å². The summed E-state index contributed by atoms with van der Waals surface area (Å²) in [6, 6.07) is 12.9. The van der Waals surface area contributed by atoms with Gasteiger partial charge in [-0.15, -0.1) is 0 Å². The smallest absolute Gasteiger partial charge is 0.374 e. The van der Waals surface area contributed by atoms with E-state index in [1.54, 1.807) is 11.8 Å². The number of nitrogens with zero attached hydrogens (tertiary/aromatic N) is 1. The molecule has 0 aliphatic carbocycles. The van der Waals surface area contributed by atoms with Crippen LogP contribution in [-0.4, -0.2) is 29.9 Å². The van der Waals surface area contributed by atoms with Crippen LogP contribution in [-0.2, 0) is 16.8 Å². The number of carbonyl (C=O) groups is 1. The summed E-state index contributed by atoms with van der Waals surface area (Å²) in [7, 11) is 0. The molecule has 3 atom stereocenters. The molecule has 1 N–H and O–H groups in total. The Morgan fingerprint density at radius 2 is 1.73 bits per heavy atom. The zero-order valence-corrected chi connectivity index (χ0v) is 16.9. The number of carbonyl (C=O) groups excluding carboxylic acids is 1. The number of hydrogen-bond acceptors (Lipinski definition) is 2. The van der Waals surface area contributed by atoms with E-state index >= 15 is 0 Å². The van der Waals surface area contributed by atoms with Crippen molar-refractivity contribution in [2.24, 2.45) is 0 Å². The Morgan fingerprint density at radius 1 is 1.07 bits per heavy atom. The van der Waals surface area contributed by atoms with E-state index in [2.05, 4.69) is 0 Å². The fourth-order valence-electron chi connectivity index (χ4n) is 3.96. The van der Waals surface area contributed by atoms with Gasteiger partial charge in [-0.1, -0.05) is 42.5 Å². The number of halogens is 4. The maximum absolute atomic E-state index is 13.9. The van der Waals surface area contributed by atoms with Crippen molar-refractivity contribution in [2.75, 3.05) is 11.4 Å². The van der Waals surface area contributed by atoms with E-state index in [4.69, 9.17) is 0 Å². The summed E-state index contributed by atoms with van der Waals surface area (Å²) in [4.78, 5) is 14.8. The molecule has 30 heavy (non-hydrogen) atoms. The van der Waals surface area contributed by atoms with E-state index in [0.29, 0.717) is 44.0 Å². The largest absolute Gasteiger partial charge is 0.424 e. The molecule has 0 aromatic heterocycles. The van der Waals surface area contributed by atoms with E-state index in [0.717, 1.165) is 11.6 Å². The van der Waals surface area contributed by atoms with E-state index < -0.39 is 29.4 Å². The summed E-state index contributed by atoms with van der Waals surface area (Å²) in [5.41, 5.74) is -2.28. The minimum absolute atomic E-state index is 0.151. The Bertz CT molecular complexity index is 898. The first-order chi connectivity index (χ1) is 14.1. The van der Waals surface area contributed by atoms with Crippen molar-refractivity contribution >= 4 is 11.6 Å². The highest BCUT2D eigenvalue weighted by Crippen LogP contribution is 2.44. The third kappa shape index (κ3) is 3.95. The summed E-state index contributed by atoms with van der Waals surface area (Å²) < 4.78 is 54.4. The number of rotatable bonds is 4. The first kappa shape index (κ1) is 22.3. The van der Waals surface area contributed by atoms with Gasteiger partial charge in [-0.05, 0) is 55.9 Å². The van der Waals surface area contributed by atoms with Crippen LogP contribution in [0.1, 0.15) is 49.3 Å². The third-order valence-corrected chi connectivity index (χ3v) is 5.83. The van der Waals surface area contributed by atoms with Gasteiger partial charge in [-0.25, -0.2) is 4.39 Å². The fourth-order valence-corrected chi connectivity index (χ4v) is 3.96. The van der Waals surface area contributed by atoms with Gasteiger partial charge in [0.1, 0.15) is 6.17 Å². The zero-order valence-electron chi connectivity index (χ0n) is 16.9. The molecule has 3 nitrogen and oxygen atoms in total. The molecule has 1 aliphatic heterocycles. The number of hydrogen-bond donors (Lipinski definition) is 1. The lowest BCUT2D eigenvalue weighted by atomic mass is 9.87. The van der Waals surface area contributed by atoms with Crippen LogP contribution in [0.15, 0.2) is 48.5 Å². The molecule has 3 rings (SSSR count). The molecule has 2 aromatic carbocycles. The molecule has 162 valence electrons. The molecule has 1 unspecified atom stereocenters. The topological polar surface area (TPSA) is 40.5 Å². The van der Waals surface area contributed by atoms with E-state index in [1.807, 2.05) is 30.3 Å². The van der Waals surface area contributed by atoms with Crippen LogP contribution < -0.4 is 4.90 Å². The van der Waals surface area contributed by atoms with Gasteiger partial charge in [-0.2, -0.15) is 13.2 Å². The molecular weight excluding hydrogens is 398 g/mol. The first-order valence-electron chi connectivity index (χ1n) is 10.00. The normalized spacial score (nSPS) is 18.7. The lowest BCUT2D eigenvalue weighted by Crippen LogP contribution is -2.49. The van der Waals surface area contributed by atoms with E-state index in [-0.39, 0.29) is 5.91 Å². The second-order valence-electron chi connectivity index (χ2n) is 7.80. The SMILES string of the molecule is C[C@H](C(=O)N1CCCCc2cc(C(O)([C@@H](C)F)C(F)(F)F)ccc21)c1ccccc1. The fraction of sp³-hybridized carbons (Fsp3) is 0.435. The van der Waals surface area contributed by atoms with Crippen molar-refractivity contribution in [1.82, 2.24) is 0 Å². The van der Waals surface area contributed by atoms with Gasteiger partial charge in [0.05, 0.1) is 5.92 Å². The Balaban J connectivity index is 2.01. The van der Waals surface area contributed by atoms with Crippen LogP contribution in [0.4, 0.5) is 23.2 Å². The van der Waals surface area contributed by atoms with Crippen molar-refractivity contribution in [3.05, 3.63) is 65.2 Å². The highest BCUT2D eigenvalue weighted by Gasteiger charge is 2.59. The minimum atomic E-state index is -5.17. The maximum atomic E-state index is 13.9. The molecule has 0 saturated heterocycles. The predicted octanol–water partition coefficient (Wildman–Crippen LogP) is 5.27. The van der Waals surface area contributed by atoms with Crippen LogP contribution in [0.5, 0.6) is 0 Å². The van der Waals surface area contributed by atoms with Crippen molar-refractivity contribution in [2.45, 2.75) is 57.0 Å². The lowest BCUT2D eigenvalue weighted by Gasteiger charge is -2.33. The molecule has 0 saturated carbocycles. The predicted molar refractivity (Wildman–Crippen MR) is 107 cm³/mol. The molecule has 7 heteroatoms. The van der Waals surface area contributed by atoms with Crippen LogP contribution >= 0.6 is 0 Å². The quantitative estimate of drug-likeness (QED) is 0.681. The molecule has 0 spiro atoms. The highest BCUT2D eigenvalue weighted by molar-refractivity contribution is 5.98. The summed E-state index contributed by atoms with van der Waals surface area (Å²) in [5, 5.41) is 10.2. The molecule has 0 fully saturated rings. The summed E-state index contributed by atoms with van der Waals surface area (Å²) in [6.45, 7) is 2.94. The first-order valence-corrected chi connectivity index (χ1v) is 10.00. The summed E-state index contributed by atoms with van der Waals surface area (Å²) >= 11 is 0. The van der Waals surface area contributed by atoms with Crippen LogP contribution in [0.25, 0.3) is 0 Å². The minimum Gasteiger partial charge on any atom is -0.374 e. The Morgan fingerprint density at radius 3 is 2.33 bits per heavy atom. The summed E-state index contributed by atoms with van der Waals surface area (Å²) in [6.07, 6.45) is -5.90. The standard InChI is InChI=1S/C23H25F4NO2/c1-15(17-8-4-3-5-9-17)21(29)28-13-7-6-10-18-14-19(11-12-20(18)28)22(30,16(2)24)23(25,26)27/h3-5,8-9,11-12,14-16,30H,6-7,10,13H2,1-2H3/t15-,16+,22?/m0/s1. The third-order valence-electron chi connectivity index (χ3n) is 5.83. The Labute approximate surface area is 173 Å². The van der Waals surface area contributed by atoms with E-state index in [9.17, 15) is 27.5 Å². The highest BCUT2D eigenvalue weighted by atomic mass is 19.4. The number of benzene rings is 2. The number of fused-ring (bicyclic) bond motifs is 1. The average molecular weight is 423 g/mol. The van der Waals surface area contributed by atoms with E-state index in [1.165, 1.54) is 12.1 Å². The number of alkyl halides is 4. The Hall–Kier alpha value is -2.41. The maximum Gasteiger partial charge on any atom is 0.424 e. The van der Waals surface area contributed by atoms with Crippen LogP contribution in [0.3, 0.4) is 0 Å². The second-order valence-corrected chi connectivity index (χ2v) is 7.80.